The molecule has 214 valence electrons. The first-order chi connectivity index (χ1) is 19.0. The number of halogens is 3. The van der Waals surface area contributed by atoms with E-state index < -0.39 is 41.1 Å². The third kappa shape index (κ3) is 4.93. The van der Waals surface area contributed by atoms with Crippen molar-refractivity contribution < 1.29 is 28.2 Å². The summed E-state index contributed by atoms with van der Waals surface area (Å²) in [6, 6.07) is 5.02. The van der Waals surface area contributed by atoms with Crippen molar-refractivity contribution in [1.82, 2.24) is 10.3 Å². The van der Waals surface area contributed by atoms with Crippen molar-refractivity contribution in [3.05, 3.63) is 75.8 Å². The SMILES string of the molecule is COC1C=CC(C(N)=O)=C(c2c(Cl)c(F)cc3c2[C@H](C)[C@@](CN[C@H]2CC[C@](C)(O)CC2)(c2cccnc2)O3)C1F. The van der Waals surface area contributed by atoms with Crippen LogP contribution in [0.5, 0.6) is 5.75 Å². The number of carbonyl (C=O) groups excluding carboxylic acids is 1. The Balaban J connectivity index is 1.63. The molecular weight excluding hydrogens is 540 g/mol. The lowest BCUT2D eigenvalue weighted by molar-refractivity contribution is -0.114. The first-order valence-corrected chi connectivity index (χ1v) is 13.8. The van der Waals surface area contributed by atoms with Crippen LogP contribution in [0.2, 0.25) is 5.02 Å². The van der Waals surface area contributed by atoms with Crippen molar-refractivity contribution in [2.24, 2.45) is 5.73 Å². The molecule has 0 saturated heterocycles. The maximum Gasteiger partial charge on any atom is 0.249 e. The minimum Gasteiger partial charge on any atom is -0.480 e. The lowest BCUT2D eigenvalue weighted by atomic mass is 9.76. The van der Waals surface area contributed by atoms with Gasteiger partial charge in [0.05, 0.1) is 10.6 Å². The molecule has 2 unspecified atom stereocenters. The predicted molar refractivity (Wildman–Crippen MR) is 148 cm³/mol. The molecule has 0 radical (unpaired) electrons. The Hall–Kier alpha value is -2.85. The number of fused-ring (bicyclic) bond motifs is 1. The molecule has 4 atom stereocenters. The smallest absolute Gasteiger partial charge is 0.249 e. The van der Waals surface area contributed by atoms with E-state index in [-0.39, 0.29) is 33.5 Å². The molecule has 3 aliphatic rings. The number of nitrogens with zero attached hydrogens (tertiary/aromatic N) is 1. The number of nitrogens with two attached hydrogens (primary N) is 1. The molecule has 0 spiro atoms. The van der Waals surface area contributed by atoms with Gasteiger partial charge >= 0.3 is 0 Å². The number of rotatable bonds is 7. The summed E-state index contributed by atoms with van der Waals surface area (Å²) in [4.78, 5) is 16.7. The molecule has 1 aliphatic heterocycles. The zero-order valence-corrected chi connectivity index (χ0v) is 23.5. The molecule has 7 nitrogen and oxygen atoms in total. The predicted octanol–water partition coefficient (Wildman–Crippen LogP) is 4.71. The Morgan fingerprint density at radius 2 is 2.10 bits per heavy atom. The van der Waals surface area contributed by atoms with E-state index in [9.17, 15) is 9.90 Å². The number of amides is 1. The second-order valence-electron chi connectivity index (χ2n) is 11.2. The zero-order chi connectivity index (χ0) is 28.8. The summed E-state index contributed by atoms with van der Waals surface area (Å²) in [7, 11) is 1.35. The highest BCUT2D eigenvalue weighted by Gasteiger charge is 2.51. The fourth-order valence-electron chi connectivity index (χ4n) is 6.24. The first kappa shape index (κ1) is 28.7. The average Bonchev–Trinajstić information content (AvgIpc) is 3.21. The maximum atomic E-state index is 16.0. The minimum absolute atomic E-state index is 0.0522. The molecule has 2 aromatic rings. The Morgan fingerprint density at radius 3 is 2.73 bits per heavy atom. The third-order valence-corrected chi connectivity index (χ3v) is 9.00. The number of pyridine rings is 1. The first-order valence-electron chi connectivity index (χ1n) is 13.5. The van der Waals surface area contributed by atoms with Crippen molar-refractivity contribution in [3.8, 4) is 5.75 Å². The second kappa shape index (κ2) is 10.9. The summed E-state index contributed by atoms with van der Waals surface area (Å²) in [6.45, 7) is 4.09. The van der Waals surface area contributed by atoms with E-state index in [0.717, 1.165) is 18.4 Å². The molecule has 2 heterocycles. The summed E-state index contributed by atoms with van der Waals surface area (Å²) in [5.74, 6) is -1.94. The van der Waals surface area contributed by atoms with Gasteiger partial charge in [0, 0.05) is 71.9 Å². The summed E-state index contributed by atoms with van der Waals surface area (Å²) in [6.07, 6.45) is 6.22. The highest BCUT2D eigenvalue weighted by molar-refractivity contribution is 6.33. The lowest BCUT2D eigenvalue weighted by Crippen LogP contribution is -2.49. The monoisotopic (exact) mass is 573 g/mol. The Labute approximate surface area is 237 Å². The van der Waals surface area contributed by atoms with E-state index in [1.165, 1.54) is 25.3 Å². The van der Waals surface area contributed by atoms with Gasteiger partial charge in [0.15, 0.2) is 11.8 Å². The fraction of sp³-hybridized carbons (Fsp3) is 0.467. The van der Waals surface area contributed by atoms with E-state index in [4.69, 9.17) is 26.8 Å². The molecule has 40 heavy (non-hydrogen) atoms. The van der Waals surface area contributed by atoms with Gasteiger partial charge in [-0.1, -0.05) is 36.7 Å². The van der Waals surface area contributed by atoms with Crippen LogP contribution in [0.25, 0.3) is 5.57 Å². The molecule has 1 amide bonds. The van der Waals surface area contributed by atoms with Crippen LogP contribution in [-0.4, -0.2) is 53.6 Å². The van der Waals surface area contributed by atoms with E-state index >= 15 is 8.78 Å². The van der Waals surface area contributed by atoms with E-state index in [0.29, 0.717) is 24.9 Å². The summed E-state index contributed by atoms with van der Waals surface area (Å²) in [5, 5.41) is 13.7. The van der Waals surface area contributed by atoms with E-state index in [1.54, 1.807) is 18.5 Å². The number of ether oxygens (including phenoxy) is 2. The van der Waals surface area contributed by atoms with Gasteiger partial charge in [-0.25, -0.2) is 8.78 Å². The van der Waals surface area contributed by atoms with Crippen molar-refractivity contribution in [1.29, 1.82) is 0 Å². The minimum atomic E-state index is -1.82. The molecule has 2 aliphatic carbocycles. The summed E-state index contributed by atoms with van der Waals surface area (Å²) in [5.41, 5.74) is 4.97. The number of hydrogen-bond acceptors (Lipinski definition) is 6. The van der Waals surface area contributed by atoms with Crippen molar-refractivity contribution in [2.75, 3.05) is 13.7 Å². The fourth-order valence-corrected chi connectivity index (χ4v) is 6.50. The van der Waals surface area contributed by atoms with Crippen LogP contribution in [0.4, 0.5) is 8.78 Å². The van der Waals surface area contributed by atoms with Gasteiger partial charge in [-0.05, 0) is 38.7 Å². The van der Waals surface area contributed by atoms with Crippen LogP contribution in [0.15, 0.2) is 48.3 Å². The quantitative estimate of drug-likeness (QED) is 0.443. The van der Waals surface area contributed by atoms with Gasteiger partial charge in [-0.2, -0.15) is 0 Å². The molecule has 1 saturated carbocycles. The van der Waals surface area contributed by atoms with Crippen LogP contribution >= 0.6 is 11.6 Å². The van der Waals surface area contributed by atoms with Gasteiger partial charge in [0.1, 0.15) is 17.7 Å². The number of carbonyl (C=O) groups is 1. The number of aliphatic hydroxyl groups is 1. The largest absolute Gasteiger partial charge is 0.480 e. The number of aromatic nitrogens is 1. The van der Waals surface area contributed by atoms with Gasteiger partial charge < -0.3 is 25.6 Å². The van der Waals surface area contributed by atoms with Gasteiger partial charge in [0.25, 0.3) is 0 Å². The van der Waals surface area contributed by atoms with Crippen LogP contribution < -0.4 is 15.8 Å². The molecule has 1 aromatic heterocycles. The zero-order valence-electron chi connectivity index (χ0n) is 22.7. The van der Waals surface area contributed by atoms with E-state index in [1.807, 2.05) is 19.9 Å². The topological polar surface area (TPSA) is 107 Å². The molecule has 4 N–H and O–H groups in total. The average molecular weight is 574 g/mol. The lowest BCUT2D eigenvalue weighted by Gasteiger charge is -2.38. The standard InChI is InChI=1S/C30H34ClF2N3O4/c1-16-23-22(13-20(32)26(31)25(23)24-19(28(34)37)6-7-21(39-3)27(24)33)40-30(16,17-5-4-12-35-14-17)15-36-18-8-10-29(2,38)11-9-18/h4-7,12-14,16,18,21,27,36,38H,8-11,15H2,1-3H3,(H2,34,37)/t16-,18-,21?,27?,29-,30-/m0/s1. The van der Waals surface area contributed by atoms with Crippen LogP contribution in [0, 0.1) is 5.82 Å². The van der Waals surface area contributed by atoms with Crippen molar-refractivity contribution in [3.63, 3.8) is 0 Å². The molecular formula is C30H34ClF2N3O4. The number of nitrogens with one attached hydrogen (secondary N) is 1. The third-order valence-electron chi connectivity index (χ3n) is 8.63. The number of methoxy groups -OCH3 is 1. The van der Waals surface area contributed by atoms with Gasteiger partial charge in [-0.15, -0.1) is 0 Å². The maximum absolute atomic E-state index is 16.0. The highest BCUT2D eigenvalue weighted by atomic mass is 35.5. The van der Waals surface area contributed by atoms with Crippen molar-refractivity contribution in [2.45, 2.75) is 75.0 Å². The van der Waals surface area contributed by atoms with Crippen molar-refractivity contribution >= 4 is 23.1 Å². The molecule has 0 bridgehead atoms. The molecule has 1 aromatic carbocycles. The number of benzene rings is 1. The molecule has 1 fully saturated rings. The second-order valence-corrected chi connectivity index (χ2v) is 11.6. The van der Waals surface area contributed by atoms with Gasteiger partial charge in [-0.3, -0.25) is 9.78 Å². The highest BCUT2D eigenvalue weighted by Crippen LogP contribution is 2.55. The van der Waals surface area contributed by atoms with Crippen LogP contribution in [0.1, 0.15) is 62.1 Å². The molecule has 5 rings (SSSR count). The molecule has 10 heteroatoms. The Kier molecular flexibility index (Phi) is 7.78. The van der Waals surface area contributed by atoms with Gasteiger partial charge in [0.2, 0.25) is 5.91 Å². The van der Waals surface area contributed by atoms with Crippen LogP contribution in [-0.2, 0) is 15.1 Å². The summed E-state index contributed by atoms with van der Waals surface area (Å²) >= 11 is 6.57. The Morgan fingerprint density at radius 1 is 1.38 bits per heavy atom. The number of hydrogen-bond donors (Lipinski definition) is 3. The number of primary amides is 1. The number of alkyl halides is 1. The summed E-state index contributed by atoms with van der Waals surface area (Å²) < 4.78 is 43.3. The normalized spacial score (nSPS) is 31.7. The Bertz CT molecular complexity index is 1360. The van der Waals surface area contributed by atoms with Crippen LogP contribution in [0.3, 0.4) is 0 Å². The van der Waals surface area contributed by atoms with E-state index in [2.05, 4.69) is 10.3 Å².